The van der Waals surface area contributed by atoms with E-state index in [-0.39, 0.29) is 22.9 Å². The van der Waals surface area contributed by atoms with Crippen LogP contribution in [0.5, 0.6) is 11.8 Å². The number of aryl methyl sites for hydroxylation is 1. The van der Waals surface area contributed by atoms with Crippen molar-refractivity contribution in [3.05, 3.63) is 53.7 Å². The summed E-state index contributed by atoms with van der Waals surface area (Å²) in [4.78, 5) is 20.8. The number of hydrogen-bond acceptors (Lipinski definition) is 8. The predicted molar refractivity (Wildman–Crippen MR) is 122 cm³/mol. The normalized spacial score (nSPS) is 11.3. The van der Waals surface area contributed by atoms with E-state index in [1.807, 2.05) is 27.0 Å². The summed E-state index contributed by atoms with van der Waals surface area (Å²) in [6.07, 6.45) is 5.04. The highest BCUT2D eigenvalue weighted by molar-refractivity contribution is 7.15. The highest BCUT2D eigenvalue weighted by Crippen LogP contribution is 2.29. The molecule has 4 rings (SSSR count). The molecule has 0 unspecified atom stereocenters. The summed E-state index contributed by atoms with van der Waals surface area (Å²) in [6.45, 7) is 5.98. The van der Waals surface area contributed by atoms with Gasteiger partial charge in [0.2, 0.25) is 5.13 Å². The number of carbonyl (C=O) groups excluding carboxylic acids is 1. The number of urea groups is 1. The maximum Gasteiger partial charge on any atom is 0.325 e. The van der Waals surface area contributed by atoms with Gasteiger partial charge >= 0.3 is 12.0 Å². The van der Waals surface area contributed by atoms with Crippen LogP contribution in [0.15, 0.2) is 42.9 Å². The largest absolute Gasteiger partial charge is 0.424 e. The Morgan fingerprint density at radius 1 is 1.18 bits per heavy atom. The van der Waals surface area contributed by atoms with E-state index < -0.39 is 11.8 Å². The maximum absolute atomic E-state index is 14.3. The summed E-state index contributed by atoms with van der Waals surface area (Å²) >= 11 is 1.25. The fourth-order valence-corrected chi connectivity index (χ4v) is 3.50. The molecular formula is C21H21FN8O2S. The summed E-state index contributed by atoms with van der Waals surface area (Å²) in [5.74, 6) is -0.379. The first kappa shape index (κ1) is 22.3. The Morgan fingerprint density at radius 2 is 2.00 bits per heavy atom. The second-order valence-electron chi connectivity index (χ2n) is 8.11. The van der Waals surface area contributed by atoms with E-state index in [4.69, 9.17) is 4.74 Å². The molecule has 0 fully saturated rings. The zero-order valence-electron chi connectivity index (χ0n) is 18.3. The Kier molecular flexibility index (Phi) is 6.01. The van der Waals surface area contributed by atoms with Crippen LogP contribution >= 0.6 is 11.3 Å². The number of nitrogens with one attached hydrogen (secondary N) is 2. The minimum Gasteiger partial charge on any atom is -0.424 e. The van der Waals surface area contributed by atoms with Gasteiger partial charge in [0, 0.05) is 36.5 Å². The van der Waals surface area contributed by atoms with Gasteiger partial charge in [-0.1, -0.05) is 32.1 Å². The number of benzene rings is 1. The molecule has 2 amide bonds. The molecule has 0 saturated carbocycles. The smallest absolute Gasteiger partial charge is 0.325 e. The molecule has 3 heterocycles. The molecule has 2 N–H and O–H groups in total. The maximum atomic E-state index is 14.3. The highest BCUT2D eigenvalue weighted by atomic mass is 32.1. The van der Waals surface area contributed by atoms with E-state index in [9.17, 15) is 9.18 Å². The van der Waals surface area contributed by atoms with Gasteiger partial charge < -0.3 is 10.1 Å². The molecule has 3 aromatic heterocycles. The van der Waals surface area contributed by atoms with E-state index in [1.165, 1.54) is 29.5 Å². The molecule has 0 aliphatic heterocycles. The lowest BCUT2D eigenvalue weighted by atomic mass is 9.98. The molecule has 0 aliphatic rings. The SMILES string of the molecule is Cn1cc(-c2ccnc(Oc3ccc(F)c(NC(=O)Nc4nnc(C(C)(C)C)s4)c3)n2)cn1. The third-order valence-electron chi connectivity index (χ3n) is 4.32. The minimum absolute atomic E-state index is 0.0712. The second kappa shape index (κ2) is 8.90. The molecular weight excluding hydrogens is 447 g/mol. The number of anilines is 2. The van der Waals surface area contributed by atoms with Gasteiger partial charge in [0.05, 0.1) is 17.6 Å². The molecule has 0 aliphatic carbocycles. The van der Waals surface area contributed by atoms with Crippen molar-refractivity contribution in [3.8, 4) is 23.0 Å². The first-order valence-corrected chi connectivity index (χ1v) is 10.7. The lowest BCUT2D eigenvalue weighted by Crippen LogP contribution is -2.20. The van der Waals surface area contributed by atoms with E-state index in [2.05, 4.69) is 35.9 Å². The Labute approximate surface area is 192 Å². The van der Waals surface area contributed by atoms with Gasteiger partial charge in [-0.3, -0.25) is 10.00 Å². The quantitative estimate of drug-likeness (QED) is 0.439. The Bertz CT molecular complexity index is 1300. The molecule has 0 spiro atoms. The van der Waals surface area contributed by atoms with Crippen LogP contribution in [0.3, 0.4) is 0 Å². The molecule has 12 heteroatoms. The number of rotatable bonds is 5. The Hall–Kier alpha value is -3.93. The van der Waals surface area contributed by atoms with Crippen molar-refractivity contribution in [2.75, 3.05) is 10.6 Å². The highest BCUT2D eigenvalue weighted by Gasteiger charge is 2.20. The van der Waals surface area contributed by atoms with Gasteiger partial charge in [-0.2, -0.15) is 10.1 Å². The number of amides is 2. The molecule has 0 atom stereocenters. The van der Waals surface area contributed by atoms with Crippen molar-refractivity contribution >= 4 is 28.2 Å². The van der Waals surface area contributed by atoms with Crippen LogP contribution < -0.4 is 15.4 Å². The Morgan fingerprint density at radius 3 is 2.70 bits per heavy atom. The third kappa shape index (κ3) is 5.47. The summed E-state index contributed by atoms with van der Waals surface area (Å²) < 4.78 is 21.6. The third-order valence-corrected chi connectivity index (χ3v) is 5.58. The standard InChI is InChI=1S/C21H21FN8O2S/c1-21(2,3)17-28-29-20(33-17)27-18(31)25-16-9-13(5-6-14(16)22)32-19-23-8-7-15(26-19)12-10-24-30(4)11-12/h5-11H,1-4H3,(H2,25,27,29,31). The van der Waals surface area contributed by atoms with E-state index in [0.29, 0.717) is 10.8 Å². The zero-order chi connectivity index (χ0) is 23.6. The number of nitrogens with zero attached hydrogens (tertiary/aromatic N) is 6. The average Bonchev–Trinajstić information content (AvgIpc) is 3.40. The topological polar surface area (TPSA) is 120 Å². The molecule has 1 aromatic carbocycles. The molecule has 0 saturated heterocycles. The van der Waals surface area contributed by atoms with Crippen molar-refractivity contribution in [1.29, 1.82) is 0 Å². The van der Waals surface area contributed by atoms with Gasteiger partial charge in [0.1, 0.15) is 16.6 Å². The first-order valence-electron chi connectivity index (χ1n) is 9.89. The lowest BCUT2D eigenvalue weighted by Gasteiger charge is -2.12. The molecule has 170 valence electrons. The van der Waals surface area contributed by atoms with Crippen molar-refractivity contribution in [2.45, 2.75) is 26.2 Å². The number of aromatic nitrogens is 6. The van der Waals surface area contributed by atoms with Gasteiger partial charge in [-0.15, -0.1) is 10.2 Å². The monoisotopic (exact) mass is 468 g/mol. The van der Waals surface area contributed by atoms with Crippen LogP contribution in [0.25, 0.3) is 11.3 Å². The number of halogens is 1. The van der Waals surface area contributed by atoms with Crippen LogP contribution in [0.1, 0.15) is 25.8 Å². The van der Waals surface area contributed by atoms with Gasteiger partial charge in [-0.25, -0.2) is 14.2 Å². The first-order chi connectivity index (χ1) is 15.7. The van der Waals surface area contributed by atoms with Crippen LogP contribution in [-0.4, -0.2) is 36.0 Å². The summed E-state index contributed by atoms with van der Waals surface area (Å²) in [7, 11) is 1.81. The van der Waals surface area contributed by atoms with Crippen molar-refractivity contribution in [3.63, 3.8) is 0 Å². The Balaban J connectivity index is 1.46. The molecule has 0 radical (unpaired) electrons. The van der Waals surface area contributed by atoms with Crippen LogP contribution in [-0.2, 0) is 12.5 Å². The van der Waals surface area contributed by atoms with Crippen LogP contribution in [0.2, 0.25) is 0 Å². The molecule has 10 nitrogen and oxygen atoms in total. The molecule has 33 heavy (non-hydrogen) atoms. The minimum atomic E-state index is -0.655. The van der Waals surface area contributed by atoms with Crippen molar-refractivity contribution in [2.24, 2.45) is 7.05 Å². The number of carbonyl (C=O) groups is 1. The molecule has 4 aromatic rings. The van der Waals surface area contributed by atoms with Crippen LogP contribution in [0.4, 0.5) is 20.0 Å². The van der Waals surface area contributed by atoms with Crippen molar-refractivity contribution in [1.82, 2.24) is 29.9 Å². The fraction of sp³-hybridized carbons (Fsp3) is 0.238. The van der Waals surface area contributed by atoms with E-state index >= 15 is 0 Å². The van der Waals surface area contributed by atoms with E-state index in [0.717, 1.165) is 10.6 Å². The van der Waals surface area contributed by atoms with Gasteiger partial charge in [-0.05, 0) is 18.2 Å². The predicted octanol–water partition coefficient (Wildman–Crippen LogP) is 4.60. The molecule has 0 bridgehead atoms. The van der Waals surface area contributed by atoms with Crippen LogP contribution in [0, 0.1) is 5.82 Å². The van der Waals surface area contributed by atoms with Gasteiger partial charge in [0.15, 0.2) is 0 Å². The van der Waals surface area contributed by atoms with Gasteiger partial charge in [0.25, 0.3) is 0 Å². The number of ether oxygens (including phenoxy) is 1. The zero-order valence-corrected chi connectivity index (χ0v) is 19.1. The summed E-state index contributed by atoms with van der Waals surface area (Å²) in [5, 5.41) is 18.2. The van der Waals surface area contributed by atoms with Crippen molar-refractivity contribution < 1.29 is 13.9 Å². The van der Waals surface area contributed by atoms with E-state index in [1.54, 1.807) is 30.2 Å². The number of hydrogen-bond donors (Lipinski definition) is 2. The lowest BCUT2D eigenvalue weighted by molar-refractivity contribution is 0.262. The summed E-state index contributed by atoms with van der Waals surface area (Å²) in [6, 6.07) is 5.08. The summed E-state index contributed by atoms with van der Waals surface area (Å²) in [5.41, 5.74) is 1.16. The average molecular weight is 469 g/mol. The fourth-order valence-electron chi connectivity index (χ4n) is 2.70. The second-order valence-corrected chi connectivity index (χ2v) is 9.09.